The van der Waals surface area contributed by atoms with Gasteiger partial charge in [-0.15, -0.1) is 0 Å². The Kier molecular flexibility index (Phi) is 4.58. The van der Waals surface area contributed by atoms with Gasteiger partial charge >= 0.3 is 6.18 Å². The van der Waals surface area contributed by atoms with Crippen molar-refractivity contribution >= 4 is 5.69 Å². The molecule has 1 aliphatic rings. The summed E-state index contributed by atoms with van der Waals surface area (Å²) in [5, 5.41) is 0. The second-order valence-electron chi connectivity index (χ2n) is 5.43. The monoisotopic (exact) mass is 286 g/mol. The first-order valence-electron chi connectivity index (χ1n) is 7.10. The zero-order chi connectivity index (χ0) is 14.8. The zero-order valence-corrected chi connectivity index (χ0v) is 11.7. The highest BCUT2D eigenvalue weighted by atomic mass is 19.4. The molecule has 1 saturated carbocycles. The number of hydrogen-bond donors (Lipinski definition) is 1. The zero-order valence-electron chi connectivity index (χ0n) is 11.7. The molecule has 0 radical (unpaired) electrons. The van der Waals surface area contributed by atoms with Crippen LogP contribution in [0, 0.1) is 5.92 Å². The van der Waals surface area contributed by atoms with Crippen LogP contribution in [0.5, 0.6) is 0 Å². The van der Waals surface area contributed by atoms with Crippen molar-refractivity contribution in [3.63, 3.8) is 0 Å². The van der Waals surface area contributed by atoms with Crippen LogP contribution in [0.15, 0.2) is 18.2 Å². The smallest absolute Gasteiger partial charge is 0.371 e. The molecule has 0 spiro atoms. The molecule has 0 amide bonds. The van der Waals surface area contributed by atoms with Crippen molar-refractivity contribution < 1.29 is 13.2 Å². The summed E-state index contributed by atoms with van der Waals surface area (Å²) in [5.74, 6) is 0.699. The molecular formula is C15H21F3N2. The van der Waals surface area contributed by atoms with Crippen LogP contribution in [0.2, 0.25) is 0 Å². The lowest BCUT2D eigenvalue weighted by Crippen LogP contribution is -2.27. The van der Waals surface area contributed by atoms with Crippen molar-refractivity contribution in [2.24, 2.45) is 11.7 Å². The Morgan fingerprint density at radius 1 is 1.30 bits per heavy atom. The van der Waals surface area contributed by atoms with E-state index in [1.54, 1.807) is 12.1 Å². The molecule has 1 aromatic rings. The van der Waals surface area contributed by atoms with Crippen molar-refractivity contribution in [2.75, 3.05) is 18.0 Å². The first kappa shape index (κ1) is 15.2. The molecule has 2 rings (SSSR count). The van der Waals surface area contributed by atoms with E-state index in [-0.39, 0.29) is 12.1 Å². The summed E-state index contributed by atoms with van der Waals surface area (Å²) in [6.45, 7) is 3.79. The minimum absolute atomic E-state index is 0.0912. The standard InChI is InChI=1S/C15H21F3N2/c1-2-7-20(10-11-3-4-11)13-5-6-14(15(16,17)18)12(8-13)9-19/h5-6,8,11H,2-4,7,9-10,19H2,1H3. The largest absolute Gasteiger partial charge is 0.416 e. The number of anilines is 1. The van der Waals surface area contributed by atoms with Gasteiger partial charge in [0.2, 0.25) is 0 Å². The average molecular weight is 286 g/mol. The van der Waals surface area contributed by atoms with Crippen molar-refractivity contribution in [1.82, 2.24) is 0 Å². The summed E-state index contributed by atoms with van der Waals surface area (Å²) in [4.78, 5) is 2.18. The normalized spacial score (nSPS) is 15.4. The Morgan fingerprint density at radius 2 is 2.00 bits per heavy atom. The molecule has 1 aliphatic carbocycles. The van der Waals surface area contributed by atoms with Gasteiger partial charge in [-0.1, -0.05) is 6.92 Å². The molecule has 1 aromatic carbocycles. The summed E-state index contributed by atoms with van der Waals surface area (Å²) in [6, 6.07) is 4.33. The number of rotatable bonds is 6. The Bertz CT molecular complexity index is 453. The summed E-state index contributed by atoms with van der Waals surface area (Å²) >= 11 is 0. The molecule has 112 valence electrons. The van der Waals surface area contributed by atoms with Gasteiger partial charge in [0.25, 0.3) is 0 Å². The lowest BCUT2D eigenvalue weighted by atomic mass is 10.1. The van der Waals surface area contributed by atoms with Crippen molar-refractivity contribution in [1.29, 1.82) is 0 Å². The summed E-state index contributed by atoms with van der Waals surface area (Å²) in [7, 11) is 0. The van der Waals surface area contributed by atoms with E-state index in [1.165, 1.54) is 12.8 Å². The maximum atomic E-state index is 12.9. The fourth-order valence-corrected chi connectivity index (χ4v) is 2.43. The highest BCUT2D eigenvalue weighted by Gasteiger charge is 2.33. The third-order valence-electron chi connectivity index (χ3n) is 3.65. The first-order chi connectivity index (χ1) is 9.45. The molecule has 0 saturated heterocycles. The Morgan fingerprint density at radius 3 is 2.50 bits per heavy atom. The quantitative estimate of drug-likeness (QED) is 0.862. The molecular weight excluding hydrogens is 265 g/mol. The summed E-state index contributed by atoms with van der Waals surface area (Å²) in [6.07, 6.45) is -0.903. The van der Waals surface area contributed by atoms with Gasteiger partial charge in [0.15, 0.2) is 0 Å². The summed E-state index contributed by atoms with van der Waals surface area (Å²) < 4.78 is 38.6. The molecule has 2 N–H and O–H groups in total. The number of benzene rings is 1. The SMILES string of the molecule is CCCN(CC1CC1)c1ccc(C(F)(F)F)c(CN)c1. The predicted octanol–water partition coefficient (Wildman–Crippen LogP) is 3.79. The van der Waals surface area contributed by atoms with Crippen LogP contribution in [0.1, 0.15) is 37.3 Å². The van der Waals surface area contributed by atoms with Crippen LogP contribution >= 0.6 is 0 Å². The Hall–Kier alpha value is -1.23. The van der Waals surface area contributed by atoms with Gasteiger partial charge in [0, 0.05) is 25.3 Å². The predicted molar refractivity (Wildman–Crippen MR) is 74.6 cm³/mol. The van der Waals surface area contributed by atoms with Crippen molar-refractivity contribution in [2.45, 2.75) is 38.9 Å². The fourth-order valence-electron chi connectivity index (χ4n) is 2.43. The molecule has 0 atom stereocenters. The number of nitrogens with two attached hydrogens (primary N) is 1. The number of alkyl halides is 3. The number of hydrogen-bond acceptors (Lipinski definition) is 2. The van der Waals surface area contributed by atoms with E-state index >= 15 is 0 Å². The van der Waals surface area contributed by atoms with E-state index in [0.717, 1.165) is 31.3 Å². The molecule has 20 heavy (non-hydrogen) atoms. The molecule has 0 aromatic heterocycles. The minimum atomic E-state index is -4.33. The third-order valence-corrected chi connectivity index (χ3v) is 3.65. The van der Waals surface area contributed by atoms with Crippen molar-refractivity contribution in [3.8, 4) is 0 Å². The molecule has 5 heteroatoms. The van der Waals surface area contributed by atoms with Gasteiger partial charge in [-0.05, 0) is 48.9 Å². The molecule has 1 fully saturated rings. The molecule has 0 aliphatic heterocycles. The lowest BCUT2D eigenvalue weighted by molar-refractivity contribution is -0.138. The second-order valence-corrected chi connectivity index (χ2v) is 5.43. The highest BCUT2D eigenvalue weighted by molar-refractivity contribution is 5.52. The van der Waals surface area contributed by atoms with E-state index in [4.69, 9.17) is 5.73 Å². The molecule has 2 nitrogen and oxygen atoms in total. The van der Waals surface area contributed by atoms with Crippen LogP contribution in [0.4, 0.5) is 18.9 Å². The molecule has 0 unspecified atom stereocenters. The first-order valence-corrected chi connectivity index (χ1v) is 7.10. The molecule has 0 heterocycles. The maximum Gasteiger partial charge on any atom is 0.416 e. The van der Waals surface area contributed by atoms with Crippen molar-refractivity contribution in [3.05, 3.63) is 29.3 Å². The maximum absolute atomic E-state index is 12.9. The van der Waals surface area contributed by atoms with Gasteiger partial charge in [-0.2, -0.15) is 13.2 Å². The number of halogens is 3. The second kappa shape index (κ2) is 6.04. The fraction of sp³-hybridized carbons (Fsp3) is 0.600. The number of nitrogens with zero attached hydrogens (tertiary/aromatic N) is 1. The Labute approximate surface area is 117 Å². The van der Waals surface area contributed by atoms with Crippen LogP contribution in [0.25, 0.3) is 0 Å². The lowest BCUT2D eigenvalue weighted by Gasteiger charge is -2.26. The van der Waals surface area contributed by atoms with E-state index in [1.807, 2.05) is 0 Å². The van der Waals surface area contributed by atoms with Gasteiger partial charge in [0.1, 0.15) is 0 Å². The minimum Gasteiger partial charge on any atom is -0.371 e. The van der Waals surface area contributed by atoms with Crippen LogP contribution in [-0.4, -0.2) is 13.1 Å². The third kappa shape index (κ3) is 3.66. The van der Waals surface area contributed by atoms with Gasteiger partial charge in [-0.3, -0.25) is 0 Å². The van der Waals surface area contributed by atoms with E-state index in [0.29, 0.717) is 5.92 Å². The van der Waals surface area contributed by atoms with Crippen LogP contribution < -0.4 is 10.6 Å². The van der Waals surface area contributed by atoms with E-state index in [9.17, 15) is 13.2 Å². The molecule has 0 bridgehead atoms. The van der Waals surface area contributed by atoms with Gasteiger partial charge in [-0.25, -0.2) is 0 Å². The van der Waals surface area contributed by atoms with Crippen LogP contribution in [-0.2, 0) is 12.7 Å². The average Bonchev–Trinajstić information content (AvgIpc) is 3.20. The van der Waals surface area contributed by atoms with Gasteiger partial charge < -0.3 is 10.6 Å². The van der Waals surface area contributed by atoms with Crippen LogP contribution in [0.3, 0.4) is 0 Å². The van der Waals surface area contributed by atoms with Gasteiger partial charge in [0.05, 0.1) is 5.56 Å². The topological polar surface area (TPSA) is 29.3 Å². The van der Waals surface area contributed by atoms with E-state index < -0.39 is 11.7 Å². The van der Waals surface area contributed by atoms with E-state index in [2.05, 4.69) is 11.8 Å². The Balaban J connectivity index is 2.26. The highest BCUT2D eigenvalue weighted by Crippen LogP contribution is 2.35. The summed E-state index contributed by atoms with van der Waals surface area (Å²) in [5.41, 5.74) is 5.89.